The Balaban J connectivity index is 1.33. The number of rotatable bonds is 10. The minimum absolute atomic E-state index is 0.0170. The highest BCUT2D eigenvalue weighted by molar-refractivity contribution is 8.01. The van der Waals surface area contributed by atoms with Crippen LogP contribution in [-0.4, -0.2) is 72.1 Å². The molecule has 10 nitrogen and oxygen atoms in total. The number of carbonyl (C=O) groups excluding carboxylic acids is 2. The number of β-lactam (4-membered cyclic amide) rings is 1. The van der Waals surface area contributed by atoms with Crippen LogP contribution in [0.4, 0.5) is 0 Å². The van der Waals surface area contributed by atoms with Gasteiger partial charge in [0, 0.05) is 18.6 Å². The first-order valence-corrected chi connectivity index (χ1v) is 13.2. The predicted octanol–water partition coefficient (Wildman–Crippen LogP) is 1.92. The number of nitrogens with zero attached hydrogens (tertiary/aromatic N) is 4. The van der Waals surface area contributed by atoms with Crippen molar-refractivity contribution >= 4 is 41.3 Å². The van der Waals surface area contributed by atoms with Crippen LogP contribution < -0.4 is 10.1 Å². The molecule has 2 aromatic rings. The second-order valence-corrected chi connectivity index (χ2v) is 10.8. The summed E-state index contributed by atoms with van der Waals surface area (Å²) >= 11 is 2.79. The number of amides is 2. The third-order valence-corrected chi connectivity index (χ3v) is 8.01. The van der Waals surface area contributed by atoms with Gasteiger partial charge in [0.1, 0.15) is 29.2 Å². The molecule has 1 unspecified atom stereocenters. The number of carboxylic acid groups (broad SMARTS) is 1. The van der Waals surface area contributed by atoms with Crippen molar-refractivity contribution in [3.63, 3.8) is 0 Å². The Morgan fingerprint density at radius 1 is 1.31 bits per heavy atom. The van der Waals surface area contributed by atoms with Gasteiger partial charge in [-0.1, -0.05) is 37.7 Å². The topological polar surface area (TPSA) is 127 Å². The van der Waals surface area contributed by atoms with Crippen LogP contribution in [0.5, 0.6) is 5.75 Å². The van der Waals surface area contributed by atoms with Crippen molar-refractivity contribution < 1.29 is 24.2 Å². The molecule has 2 atom stereocenters. The fourth-order valence-corrected chi connectivity index (χ4v) is 6.28. The first-order chi connectivity index (χ1) is 16.7. The number of benzene rings is 1. The lowest BCUT2D eigenvalue weighted by Gasteiger charge is -2.49. The maximum absolute atomic E-state index is 12.8. The number of nitrogens with one attached hydrogen (secondary N) is 1. The number of aryl methyl sites for hydroxylation is 1. The van der Waals surface area contributed by atoms with Crippen LogP contribution >= 0.6 is 23.5 Å². The number of aromatic nitrogens is 3. The third kappa shape index (κ3) is 5.64. The van der Waals surface area contributed by atoms with Crippen LogP contribution in [0.3, 0.4) is 0 Å². The van der Waals surface area contributed by atoms with Crippen molar-refractivity contribution in [1.82, 2.24) is 25.0 Å². The molecule has 0 saturated carbocycles. The van der Waals surface area contributed by atoms with E-state index in [1.165, 1.54) is 34.0 Å². The minimum atomic E-state index is -1.16. The number of hydrogen-bond donors (Lipinski definition) is 2. The maximum Gasteiger partial charge on any atom is 0.352 e. The van der Waals surface area contributed by atoms with Gasteiger partial charge in [0.2, 0.25) is 0 Å². The normalized spacial score (nSPS) is 19.4. The van der Waals surface area contributed by atoms with E-state index >= 15 is 0 Å². The molecule has 0 aliphatic carbocycles. The summed E-state index contributed by atoms with van der Waals surface area (Å²) in [5.41, 5.74) is 1.81. The van der Waals surface area contributed by atoms with E-state index in [4.69, 9.17) is 4.74 Å². The van der Waals surface area contributed by atoms with Crippen molar-refractivity contribution in [1.29, 1.82) is 0 Å². The van der Waals surface area contributed by atoms with Gasteiger partial charge in [-0.3, -0.25) is 14.5 Å². The van der Waals surface area contributed by atoms with E-state index in [1.54, 1.807) is 17.9 Å². The van der Waals surface area contributed by atoms with E-state index in [2.05, 4.69) is 29.4 Å². The predicted molar refractivity (Wildman–Crippen MR) is 132 cm³/mol. The van der Waals surface area contributed by atoms with Gasteiger partial charge in [0.15, 0.2) is 11.8 Å². The monoisotopic (exact) mass is 517 g/mol. The molecule has 2 amide bonds. The standard InChI is InChI=1S/C23H27N5O5S2/c1-13(2)8-14-4-6-16(7-5-14)33-9-17(29)25-18-20(30)28-19(22(31)32)15(10-34-21(18)28)11-35-23-26-24-12-27(23)3/h4-7,12-13,18,21H,8-11H2,1-3H3,(H,25,29)(H,31,32)/t18?,21-/m0/s1. The van der Waals surface area contributed by atoms with Gasteiger partial charge < -0.3 is 19.7 Å². The molecule has 0 radical (unpaired) electrons. The SMILES string of the molecule is CC(C)Cc1ccc(OCC(=O)NC2C(=O)N3C(C(=O)O)=C(CSc4nncn4C)CS[C@@H]23)cc1. The van der Waals surface area contributed by atoms with Gasteiger partial charge >= 0.3 is 5.97 Å². The lowest BCUT2D eigenvalue weighted by atomic mass is 10.0. The molecule has 3 heterocycles. The van der Waals surface area contributed by atoms with E-state index < -0.39 is 29.2 Å². The van der Waals surface area contributed by atoms with Crippen LogP contribution in [-0.2, 0) is 27.9 Å². The van der Waals surface area contributed by atoms with Crippen LogP contribution in [0.25, 0.3) is 0 Å². The highest BCUT2D eigenvalue weighted by Crippen LogP contribution is 2.41. The Labute approximate surface area is 211 Å². The molecule has 0 bridgehead atoms. The molecule has 186 valence electrons. The Morgan fingerprint density at radius 2 is 2.06 bits per heavy atom. The zero-order chi connectivity index (χ0) is 25.1. The largest absolute Gasteiger partial charge is 0.484 e. The first-order valence-electron chi connectivity index (χ1n) is 11.1. The summed E-state index contributed by atoms with van der Waals surface area (Å²) < 4.78 is 7.30. The summed E-state index contributed by atoms with van der Waals surface area (Å²) in [6.45, 7) is 4.07. The Hall–Kier alpha value is -2.99. The lowest BCUT2D eigenvalue weighted by molar-refractivity contribution is -0.150. The molecule has 1 fully saturated rings. The fraction of sp³-hybridized carbons (Fsp3) is 0.435. The first kappa shape index (κ1) is 25.1. The number of hydrogen-bond acceptors (Lipinski definition) is 8. The summed E-state index contributed by atoms with van der Waals surface area (Å²) in [4.78, 5) is 38.5. The Bertz CT molecular complexity index is 1150. The van der Waals surface area contributed by atoms with Crippen LogP contribution in [0.1, 0.15) is 19.4 Å². The van der Waals surface area contributed by atoms with Crippen molar-refractivity contribution in [3.8, 4) is 5.75 Å². The zero-order valence-corrected chi connectivity index (χ0v) is 21.3. The molecule has 2 aliphatic heterocycles. The van der Waals surface area contributed by atoms with E-state index in [1.807, 2.05) is 24.3 Å². The third-order valence-electron chi connectivity index (χ3n) is 5.55. The molecule has 1 aromatic heterocycles. The van der Waals surface area contributed by atoms with Crippen LogP contribution in [0.2, 0.25) is 0 Å². The maximum atomic E-state index is 12.8. The van der Waals surface area contributed by atoms with Crippen molar-refractivity contribution in [2.24, 2.45) is 13.0 Å². The summed E-state index contributed by atoms with van der Waals surface area (Å²) in [6.07, 6.45) is 2.53. The van der Waals surface area contributed by atoms with E-state index in [0.717, 1.165) is 6.42 Å². The van der Waals surface area contributed by atoms with E-state index in [9.17, 15) is 19.5 Å². The fourth-order valence-electron chi connectivity index (χ4n) is 3.91. The summed E-state index contributed by atoms with van der Waals surface area (Å²) in [5, 5.41) is 20.5. The van der Waals surface area contributed by atoms with E-state index in [0.29, 0.717) is 33.9 Å². The minimum Gasteiger partial charge on any atom is -0.484 e. The number of ether oxygens (including phenoxy) is 1. The molecule has 1 saturated heterocycles. The highest BCUT2D eigenvalue weighted by Gasteiger charge is 2.54. The number of carbonyl (C=O) groups is 3. The summed E-state index contributed by atoms with van der Waals surface area (Å²) in [5.74, 6) is -0.0976. The zero-order valence-electron chi connectivity index (χ0n) is 19.6. The van der Waals surface area contributed by atoms with Crippen molar-refractivity contribution in [2.45, 2.75) is 36.8 Å². The van der Waals surface area contributed by atoms with Gasteiger partial charge in [-0.2, -0.15) is 0 Å². The van der Waals surface area contributed by atoms with Crippen molar-refractivity contribution in [3.05, 3.63) is 47.4 Å². The molecule has 2 N–H and O–H groups in total. The average Bonchev–Trinajstić information content (AvgIpc) is 3.24. The molecular formula is C23H27N5O5S2. The number of thioether (sulfide) groups is 2. The number of fused-ring (bicyclic) bond motifs is 1. The Kier molecular flexibility index (Phi) is 7.70. The number of aliphatic carboxylic acids is 1. The average molecular weight is 518 g/mol. The molecule has 12 heteroatoms. The quantitative estimate of drug-likeness (QED) is 0.359. The summed E-state index contributed by atoms with van der Waals surface area (Å²) in [7, 11) is 1.80. The van der Waals surface area contributed by atoms with Gasteiger partial charge in [-0.05, 0) is 35.6 Å². The molecule has 35 heavy (non-hydrogen) atoms. The molecular weight excluding hydrogens is 490 g/mol. The van der Waals surface area contributed by atoms with Crippen LogP contribution in [0, 0.1) is 5.92 Å². The summed E-state index contributed by atoms with van der Waals surface area (Å²) in [6, 6.07) is 6.80. The lowest BCUT2D eigenvalue weighted by Crippen LogP contribution is -2.70. The Morgan fingerprint density at radius 3 is 2.69 bits per heavy atom. The molecule has 4 rings (SSSR count). The van der Waals surface area contributed by atoms with Gasteiger partial charge in [0.25, 0.3) is 11.8 Å². The van der Waals surface area contributed by atoms with Crippen LogP contribution in [0.15, 0.2) is 47.0 Å². The second kappa shape index (κ2) is 10.7. The van der Waals surface area contributed by atoms with Gasteiger partial charge in [-0.25, -0.2) is 4.79 Å². The smallest absolute Gasteiger partial charge is 0.352 e. The molecule has 0 spiro atoms. The van der Waals surface area contributed by atoms with Gasteiger partial charge in [-0.15, -0.1) is 22.0 Å². The van der Waals surface area contributed by atoms with E-state index in [-0.39, 0.29) is 12.3 Å². The van der Waals surface area contributed by atoms with Gasteiger partial charge in [0.05, 0.1) is 0 Å². The highest BCUT2D eigenvalue weighted by atomic mass is 32.2. The second-order valence-electron chi connectivity index (χ2n) is 8.76. The molecule has 2 aliphatic rings. The van der Waals surface area contributed by atoms with Crippen molar-refractivity contribution in [2.75, 3.05) is 18.1 Å². The molecule has 1 aromatic carbocycles. The number of carboxylic acids is 1.